The van der Waals surface area contributed by atoms with E-state index in [0.717, 1.165) is 61.2 Å². The fourth-order valence-corrected chi connectivity index (χ4v) is 8.97. The minimum absolute atomic E-state index is 0. The molecule has 0 radical (unpaired) electrons. The van der Waals surface area contributed by atoms with Crippen LogP contribution in [0.5, 0.6) is 5.75 Å². The fourth-order valence-electron chi connectivity index (χ4n) is 8.97. The van der Waals surface area contributed by atoms with Crippen molar-refractivity contribution in [3.05, 3.63) is 191 Å². The Labute approximate surface area is 434 Å². The molecule has 4 nitrogen and oxygen atoms in total. The van der Waals surface area contributed by atoms with Crippen LogP contribution in [-0.2, 0) is 31.9 Å². The van der Waals surface area contributed by atoms with Gasteiger partial charge in [0.2, 0.25) is 0 Å². The first-order valence-corrected chi connectivity index (χ1v) is 23.5. The Bertz CT molecular complexity index is 3610. The van der Waals surface area contributed by atoms with E-state index in [2.05, 4.69) is 104 Å². The molecule has 0 fully saturated rings. The largest absolute Gasteiger partial charge is 0.507 e. The van der Waals surface area contributed by atoms with Gasteiger partial charge in [-0.3, -0.25) is 9.55 Å². The third-order valence-electron chi connectivity index (χ3n) is 13.0. The van der Waals surface area contributed by atoms with Gasteiger partial charge in [-0.25, -0.2) is 4.98 Å². The summed E-state index contributed by atoms with van der Waals surface area (Å²) in [6.45, 7) is 15.8. The number of imidazole rings is 1. The quantitative estimate of drug-likeness (QED) is 0.147. The second kappa shape index (κ2) is 19.2. The van der Waals surface area contributed by atoms with Crippen LogP contribution in [0.2, 0.25) is 0 Å². The zero-order chi connectivity index (χ0) is 54.2. The van der Waals surface area contributed by atoms with Crippen molar-refractivity contribution in [2.45, 2.75) is 106 Å². The van der Waals surface area contributed by atoms with Gasteiger partial charge in [-0.05, 0) is 117 Å². The molecule has 0 spiro atoms. The molecule has 0 aliphatic heterocycles. The molecule has 0 amide bonds. The summed E-state index contributed by atoms with van der Waals surface area (Å²) in [5, 5.41) is 12.6. The molecule has 0 aliphatic rings. The third-order valence-corrected chi connectivity index (χ3v) is 13.0. The topological polar surface area (TPSA) is 50.9 Å². The molecule has 2 heterocycles. The Balaban J connectivity index is 0.00000765. The number of pyridine rings is 1. The molecule has 0 saturated carbocycles. The second-order valence-corrected chi connectivity index (χ2v) is 20.7. The zero-order valence-corrected chi connectivity index (χ0v) is 43.4. The van der Waals surface area contributed by atoms with Crippen molar-refractivity contribution in [3.8, 4) is 78.6 Å². The molecule has 7 aromatic carbocycles. The van der Waals surface area contributed by atoms with E-state index in [1.807, 2.05) is 103 Å². The van der Waals surface area contributed by atoms with Crippen LogP contribution < -0.4 is 0 Å². The molecule has 69 heavy (non-hydrogen) atoms. The van der Waals surface area contributed by atoms with Crippen molar-refractivity contribution in [2.75, 3.05) is 0 Å². The number of benzene rings is 7. The summed E-state index contributed by atoms with van der Waals surface area (Å²) in [6.07, 6.45) is 1.74. The molecule has 352 valence electrons. The monoisotopic (exact) mass is 1090 g/mol. The standard InChI is InChI=1S/C64H64N3O.Pt/c1-39(2)47-30-48(40(3)4)32-50(31-47)45-25-26-58(42(6)29-45)67-59-20-16-19-54(60(59)66-62(67)55-37-53(63(7,8)9)38-56(61(55)68)64(10,11)12)51-33-49(43-17-14-13-15-18-43)34-52(35-51)57-36-46(27-28-65-57)44-23-21-41(5)22-24-44;/h13-34,36-40,68H,1-12H3;/q-1;/i5D3,6D3,39D;. The van der Waals surface area contributed by atoms with Crippen LogP contribution in [0.4, 0.5) is 0 Å². The number of rotatable bonds is 9. The van der Waals surface area contributed by atoms with E-state index >= 15 is 0 Å². The van der Waals surface area contributed by atoms with Crippen molar-refractivity contribution < 1.29 is 35.8 Å². The van der Waals surface area contributed by atoms with Crippen LogP contribution in [0.15, 0.2) is 152 Å². The normalized spacial score (nSPS) is 14.0. The molecular formula is C64H64N3OPt-. The number of hydrogen-bond donors (Lipinski definition) is 1. The molecule has 0 unspecified atom stereocenters. The summed E-state index contributed by atoms with van der Waals surface area (Å²) in [6, 6.07) is 50.4. The molecule has 0 saturated heterocycles. The molecule has 9 aromatic rings. The molecule has 0 bridgehead atoms. The Kier molecular flexibility index (Phi) is 11.3. The van der Waals surface area contributed by atoms with E-state index in [1.54, 1.807) is 24.4 Å². The maximum atomic E-state index is 12.6. The van der Waals surface area contributed by atoms with Gasteiger partial charge in [0.15, 0.2) is 0 Å². The molecular weight excluding hydrogens is 1020 g/mol. The fraction of sp³-hybridized carbons (Fsp3) is 0.250. The zero-order valence-electron chi connectivity index (χ0n) is 48.1. The predicted molar refractivity (Wildman–Crippen MR) is 287 cm³/mol. The summed E-state index contributed by atoms with van der Waals surface area (Å²) in [5.41, 5.74) is 13.2. The van der Waals surface area contributed by atoms with Gasteiger partial charge >= 0.3 is 0 Å². The number of phenols is 1. The average molecular weight is 1090 g/mol. The Hall–Kier alpha value is -6.35. The maximum absolute atomic E-state index is 12.6. The number of phenolic OH excluding ortho intramolecular Hbond substituents is 1. The summed E-state index contributed by atoms with van der Waals surface area (Å²) in [5.74, 6) is -0.270. The molecule has 9 rings (SSSR count). The predicted octanol–water partition coefficient (Wildman–Crippen LogP) is 17.4. The van der Waals surface area contributed by atoms with Gasteiger partial charge in [0.1, 0.15) is 11.6 Å². The second-order valence-electron chi connectivity index (χ2n) is 20.7. The van der Waals surface area contributed by atoms with Gasteiger partial charge < -0.3 is 5.11 Å². The van der Waals surface area contributed by atoms with E-state index in [4.69, 9.17) is 19.6 Å². The van der Waals surface area contributed by atoms with Gasteiger partial charge in [0.05, 0.1) is 22.3 Å². The van der Waals surface area contributed by atoms with E-state index in [0.29, 0.717) is 44.9 Å². The van der Waals surface area contributed by atoms with E-state index in [1.165, 1.54) is 0 Å². The Morgan fingerprint density at radius 2 is 1.29 bits per heavy atom. The van der Waals surface area contributed by atoms with Crippen LogP contribution >= 0.6 is 0 Å². The summed E-state index contributed by atoms with van der Waals surface area (Å²) < 4.78 is 62.0. The van der Waals surface area contributed by atoms with Gasteiger partial charge in [0, 0.05) is 48.1 Å². The number of aromatic hydroxyl groups is 1. The molecule has 0 aliphatic carbocycles. The van der Waals surface area contributed by atoms with Gasteiger partial charge in [0.25, 0.3) is 0 Å². The minimum atomic E-state index is -2.60. The molecule has 5 heteroatoms. The van der Waals surface area contributed by atoms with Crippen molar-refractivity contribution in [1.82, 2.24) is 14.5 Å². The smallest absolute Gasteiger partial charge is 0.148 e. The van der Waals surface area contributed by atoms with Gasteiger partial charge in [-0.1, -0.05) is 195 Å². The third kappa shape index (κ3) is 9.93. The summed E-state index contributed by atoms with van der Waals surface area (Å²) in [7, 11) is 0. The van der Waals surface area contributed by atoms with Crippen molar-refractivity contribution in [2.24, 2.45) is 0 Å². The van der Waals surface area contributed by atoms with Crippen LogP contribution in [0.3, 0.4) is 0 Å². The molecule has 0 atom stereocenters. The van der Waals surface area contributed by atoms with Gasteiger partial charge in [-0.15, -0.1) is 23.8 Å². The van der Waals surface area contributed by atoms with Crippen LogP contribution in [0.1, 0.15) is 124 Å². The number of aryl methyl sites for hydroxylation is 2. The first-order valence-electron chi connectivity index (χ1n) is 27.0. The number of aromatic nitrogens is 3. The first-order chi connectivity index (χ1) is 35.1. The Morgan fingerprint density at radius 1 is 0.609 bits per heavy atom. The minimum Gasteiger partial charge on any atom is -0.507 e. The van der Waals surface area contributed by atoms with Crippen molar-refractivity contribution in [3.63, 3.8) is 0 Å². The number of hydrogen-bond acceptors (Lipinski definition) is 3. The maximum Gasteiger partial charge on any atom is 0.148 e. The van der Waals surface area contributed by atoms with Crippen molar-refractivity contribution in [1.29, 1.82) is 0 Å². The van der Waals surface area contributed by atoms with E-state index < -0.39 is 25.0 Å². The van der Waals surface area contributed by atoms with Gasteiger partial charge in [-0.2, -0.15) is 0 Å². The first kappa shape index (κ1) is 40.5. The average Bonchev–Trinajstić information content (AvgIpc) is 3.81. The van der Waals surface area contributed by atoms with Crippen LogP contribution in [-0.4, -0.2) is 19.6 Å². The van der Waals surface area contributed by atoms with E-state index in [-0.39, 0.29) is 49.3 Å². The summed E-state index contributed by atoms with van der Waals surface area (Å²) in [4.78, 5) is 10.4. The molecule has 2 aromatic heterocycles. The van der Waals surface area contributed by atoms with Crippen molar-refractivity contribution >= 4 is 11.0 Å². The Morgan fingerprint density at radius 3 is 1.97 bits per heavy atom. The molecule has 1 N–H and O–H groups in total. The number of nitrogens with zero attached hydrogens (tertiary/aromatic N) is 3. The SMILES string of the molecule is [2H]C([2H])([2H])c1ccc(-c2ccnc(-c3[c-]c(-c4cccc5c4nc(-c4cc(C(C)(C)C)cc(C(C)(C)C)c4O)n5-c4ccc(-c5cc(C(C)C)cc(C([2H])(C)C)c5)cc4C([2H])([2H])[2H])cc(-c4ccccc4)c3)c2)cc1.[Pt]. The van der Waals surface area contributed by atoms with Crippen LogP contribution in [0.25, 0.3) is 83.9 Å². The van der Waals surface area contributed by atoms with E-state index in [9.17, 15) is 5.11 Å². The number of fused-ring (bicyclic) bond motifs is 1. The number of para-hydroxylation sites is 1. The summed E-state index contributed by atoms with van der Waals surface area (Å²) >= 11 is 0. The van der Waals surface area contributed by atoms with Crippen LogP contribution in [0, 0.1) is 19.8 Å².